The molecule has 7 nitrogen and oxygen atoms in total. The Morgan fingerprint density at radius 2 is 1.91 bits per heavy atom. The van der Waals surface area contributed by atoms with Gasteiger partial charge in [-0.2, -0.15) is 18.3 Å². The van der Waals surface area contributed by atoms with E-state index in [4.69, 9.17) is 23.2 Å². The number of carbonyl (C=O) groups is 1. The Hall–Kier alpha value is -3.50. The summed E-state index contributed by atoms with van der Waals surface area (Å²) in [4.78, 5) is 16.5. The average molecular weight is 523 g/mol. The van der Waals surface area contributed by atoms with Gasteiger partial charge in [-0.05, 0) is 42.3 Å². The molecule has 0 aliphatic carbocycles. The predicted molar refractivity (Wildman–Crippen MR) is 130 cm³/mol. The van der Waals surface area contributed by atoms with Crippen LogP contribution in [0.1, 0.15) is 24.6 Å². The van der Waals surface area contributed by atoms with Crippen LogP contribution in [-0.2, 0) is 11.2 Å². The van der Waals surface area contributed by atoms with E-state index in [1.54, 1.807) is 53.6 Å². The maximum atomic E-state index is 12.3. The molecule has 0 atom stereocenters. The Kier molecular flexibility index (Phi) is 8.78. The number of hydrogen-bond donors (Lipinski definition) is 1. The third-order valence-electron chi connectivity index (χ3n) is 4.28. The Labute approximate surface area is 209 Å². The van der Waals surface area contributed by atoms with Gasteiger partial charge < -0.3 is 5.32 Å². The van der Waals surface area contributed by atoms with Crippen molar-refractivity contribution in [2.45, 2.75) is 25.9 Å². The molecule has 4 rings (SSSR count). The summed E-state index contributed by atoms with van der Waals surface area (Å²) in [6.07, 6.45) is 6.27. The molecule has 2 aromatic heterocycles. The van der Waals surface area contributed by atoms with Crippen molar-refractivity contribution >= 4 is 46.7 Å². The molecular formula is C23H19Cl2F3N6O. The Morgan fingerprint density at radius 1 is 1.14 bits per heavy atom. The van der Waals surface area contributed by atoms with Crippen LogP contribution in [0.4, 0.5) is 19.0 Å². The smallest absolute Gasteiger partial charge is 0.309 e. The van der Waals surface area contributed by atoms with Gasteiger partial charge in [0.2, 0.25) is 5.91 Å². The van der Waals surface area contributed by atoms with Crippen molar-refractivity contribution in [3.63, 3.8) is 0 Å². The topological polar surface area (TPSA) is 85.1 Å². The summed E-state index contributed by atoms with van der Waals surface area (Å²) in [7, 11) is 0. The molecule has 0 spiro atoms. The molecule has 1 aliphatic rings. The maximum Gasteiger partial charge on any atom is 0.386 e. The van der Waals surface area contributed by atoms with Crippen LogP contribution in [0.3, 0.4) is 0 Å². The van der Waals surface area contributed by atoms with E-state index < -0.39 is 6.18 Å². The number of aromatic nitrogens is 4. The van der Waals surface area contributed by atoms with Crippen LogP contribution in [0.2, 0.25) is 10.0 Å². The molecule has 1 aromatic carbocycles. The summed E-state index contributed by atoms with van der Waals surface area (Å²) in [5, 5.41) is 16.4. The van der Waals surface area contributed by atoms with Gasteiger partial charge in [-0.25, -0.2) is 4.68 Å². The summed E-state index contributed by atoms with van der Waals surface area (Å²) in [5.41, 5.74) is 2.41. The summed E-state index contributed by atoms with van der Waals surface area (Å²) in [6.45, 7) is 0.188. The number of allylic oxidation sites excluding steroid dienone is 3. The van der Waals surface area contributed by atoms with Gasteiger partial charge in [0.25, 0.3) is 0 Å². The number of amides is 1. The summed E-state index contributed by atoms with van der Waals surface area (Å²) in [5.74, 6) is 0.617. The van der Waals surface area contributed by atoms with Crippen LogP contribution < -0.4 is 5.32 Å². The Morgan fingerprint density at radius 3 is 2.60 bits per heavy atom. The largest absolute Gasteiger partial charge is 0.386 e. The zero-order valence-corrected chi connectivity index (χ0v) is 19.8. The van der Waals surface area contributed by atoms with E-state index in [-0.39, 0.29) is 19.3 Å². The van der Waals surface area contributed by atoms with Crippen molar-refractivity contribution in [1.29, 1.82) is 0 Å². The number of rotatable bonds is 5. The van der Waals surface area contributed by atoms with Gasteiger partial charge in [0, 0.05) is 41.2 Å². The zero-order chi connectivity index (χ0) is 25.4. The molecule has 3 heterocycles. The highest BCUT2D eigenvalue weighted by molar-refractivity contribution is 6.35. The second-order valence-corrected chi connectivity index (χ2v) is 8.07. The lowest BCUT2D eigenvalue weighted by molar-refractivity contribution is -0.115. The molecule has 0 fully saturated rings. The highest BCUT2D eigenvalue weighted by Gasteiger charge is 2.15. The van der Waals surface area contributed by atoms with E-state index in [0.717, 1.165) is 17.7 Å². The molecule has 3 aromatic rings. The van der Waals surface area contributed by atoms with Crippen LogP contribution in [-0.4, -0.2) is 38.3 Å². The Bertz CT molecular complexity index is 1260. The van der Waals surface area contributed by atoms with Gasteiger partial charge in [0.05, 0.1) is 12.1 Å². The normalized spacial score (nSPS) is 12.9. The number of nitrogens with zero attached hydrogens (tertiary/aromatic N) is 5. The molecule has 0 bridgehead atoms. The van der Waals surface area contributed by atoms with Crippen LogP contribution >= 0.6 is 23.2 Å². The molecular weight excluding hydrogens is 504 g/mol. The first-order valence-corrected chi connectivity index (χ1v) is 10.9. The van der Waals surface area contributed by atoms with Gasteiger partial charge in [0.1, 0.15) is 0 Å². The molecule has 182 valence electrons. The quantitative estimate of drug-likeness (QED) is 0.439. The van der Waals surface area contributed by atoms with Gasteiger partial charge in [-0.1, -0.05) is 41.4 Å². The lowest BCUT2D eigenvalue weighted by Gasteiger charge is -2.06. The first-order chi connectivity index (χ1) is 16.6. The molecule has 12 heteroatoms. The van der Waals surface area contributed by atoms with E-state index >= 15 is 0 Å². The summed E-state index contributed by atoms with van der Waals surface area (Å²) >= 11 is 12.0. The van der Waals surface area contributed by atoms with Gasteiger partial charge in [-0.3, -0.25) is 9.79 Å². The highest BCUT2D eigenvalue weighted by atomic mass is 35.5. The number of benzene rings is 1. The molecule has 1 N–H and O–H groups in total. The number of alkyl halides is 3. The number of nitrogens with one attached hydrogen (secondary N) is 1. The minimum Gasteiger partial charge on any atom is -0.309 e. The second-order valence-electron chi connectivity index (χ2n) is 7.22. The van der Waals surface area contributed by atoms with Crippen LogP contribution in [0.5, 0.6) is 0 Å². The van der Waals surface area contributed by atoms with Crippen molar-refractivity contribution in [1.82, 2.24) is 20.0 Å². The van der Waals surface area contributed by atoms with E-state index in [2.05, 4.69) is 31.7 Å². The molecule has 1 aliphatic heterocycles. The van der Waals surface area contributed by atoms with E-state index in [9.17, 15) is 18.0 Å². The molecule has 35 heavy (non-hydrogen) atoms. The van der Waals surface area contributed by atoms with Crippen molar-refractivity contribution in [2.24, 2.45) is 4.99 Å². The molecule has 1 amide bonds. The number of anilines is 1. The van der Waals surface area contributed by atoms with Crippen molar-refractivity contribution in [3.05, 3.63) is 82.2 Å². The van der Waals surface area contributed by atoms with E-state index in [1.807, 2.05) is 12.1 Å². The van der Waals surface area contributed by atoms with Gasteiger partial charge >= 0.3 is 6.18 Å². The summed E-state index contributed by atoms with van der Waals surface area (Å²) in [6, 6.07) is 10.3. The van der Waals surface area contributed by atoms with Crippen molar-refractivity contribution < 1.29 is 18.0 Å². The standard InChI is InChI=1S/C21H16Cl2N6O.C2H3F3/c22-16-5-4-14(17(23)12-16)11-21(30)25-19-6-7-20(27-26-19)29-10-8-18(28-29)15-3-1-2-9-24-13-15;1-2(3,4)5/h2-10,12-13H,1,11H2,(H,25,26,30);1H3. The molecule has 0 saturated carbocycles. The lowest BCUT2D eigenvalue weighted by atomic mass is 10.1. The lowest BCUT2D eigenvalue weighted by Crippen LogP contribution is -2.16. The predicted octanol–water partition coefficient (Wildman–Crippen LogP) is 6.09. The zero-order valence-electron chi connectivity index (χ0n) is 18.3. The Balaban J connectivity index is 0.000000623. The first kappa shape index (κ1) is 26.1. The van der Waals surface area contributed by atoms with Crippen LogP contribution in [0, 0.1) is 0 Å². The van der Waals surface area contributed by atoms with E-state index in [0.29, 0.717) is 27.2 Å². The van der Waals surface area contributed by atoms with E-state index in [1.165, 1.54) is 0 Å². The van der Waals surface area contributed by atoms with Crippen molar-refractivity contribution in [2.75, 3.05) is 5.32 Å². The third kappa shape index (κ3) is 8.66. The monoisotopic (exact) mass is 522 g/mol. The van der Waals surface area contributed by atoms with Crippen LogP contribution in [0.25, 0.3) is 11.4 Å². The van der Waals surface area contributed by atoms with Crippen molar-refractivity contribution in [3.8, 4) is 5.82 Å². The van der Waals surface area contributed by atoms with Gasteiger partial charge in [0.15, 0.2) is 11.6 Å². The molecule has 0 unspecified atom stereocenters. The molecule has 0 radical (unpaired) electrons. The number of halogens is 5. The second kappa shape index (κ2) is 11.8. The van der Waals surface area contributed by atoms with Gasteiger partial charge in [-0.15, -0.1) is 10.2 Å². The third-order valence-corrected chi connectivity index (χ3v) is 4.87. The summed E-state index contributed by atoms with van der Waals surface area (Å²) < 4.78 is 32.7. The fraction of sp³-hybridized carbons (Fsp3) is 0.174. The first-order valence-electron chi connectivity index (χ1n) is 10.2. The highest BCUT2D eigenvalue weighted by Crippen LogP contribution is 2.22. The minimum atomic E-state index is -4.00. The van der Waals surface area contributed by atoms with Crippen LogP contribution in [0.15, 0.2) is 65.9 Å². The maximum absolute atomic E-state index is 12.3. The average Bonchev–Trinajstić information content (AvgIpc) is 3.10. The fourth-order valence-electron chi connectivity index (χ4n) is 2.81. The number of hydrogen-bond acceptors (Lipinski definition) is 5. The SMILES string of the molecule is CC(F)(F)F.O=C(Cc1ccc(Cl)cc1Cl)Nc1ccc(-n2ccc(C3=CCC=CN=C3)n2)nn1. The fourth-order valence-corrected chi connectivity index (χ4v) is 3.28. The number of aliphatic imine (C=N–C) groups is 1. The molecule has 0 saturated heterocycles. The minimum absolute atomic E-state index is 0.105. The number of carbonyl (C=O) groups excluding carboxylic acids is 1.